The van der Waals surface area contributed by atoms with Crippen molar-refractivity contribution in [2.75, 3.05) is 16.8 Å². The van der Waals surface area contributed by atoms with Crippen molar-refractivity contribution >= 4 is 85.4 Å². The minimum atomic E-state index is -5.29. The van der Waals surface area contributed by atoms with Crippen LogP contribution in [0.3, 0.4) is 0 Å². The number of fused-ring (bicyclic) bond motifs is 4. The molecule has 3 aromatic heterocycles. The van der Waals surface area contributed by atoms with Gasteiger partial charge in [0.2, 0.25) is 21.8 Å². The highest BCUT2D eigenvalue weighted by Crippen LogP contribution is 2.68. The van der Waals surface area contributed by atoms with E-state index in [1.807, 2.05) is 0 Å². The fourth-order valence-electron chi connectivity index (χ4n) is 13.8. The van der Waals surface area contributed by atoms with Crippen LogP contribution < -0.4 is 14.1 Å². The molecule has 0 saturated heterocycles. The summed E-state index contributed by atoms with van der Waals surface area (Å²) in [7, 11) is -13.9. The van der Waals surface area contributed by atoms with Crippen LogP contribution in [0, 0.1) is 54.1 Å². The summed E-state index contributed by atoms with van der Waals surface area (Å²) in [5.41, 5.74) is -9.16. The van der Waals surface area contributed by atoms with Crippen LogP contribution in [0.15, 0.2) is 54.6 Å². The van der Waals surface area contributed by atoms with Gasteiger partial charge in [-0.3, -0.25) is 42.4 Å². The van der Waals surface area contributed by atoms with Gasteiger partial charge in [-0.15, -0.1) is 0 Å². The topological polar surface area (TPSA) is 271 Å². The van der Waals surface area contributed by atoms with Crippen LogP contribution in [-0.4, -0.2) is 112 Å². The fraction of sp³-hybridized carbons (Fsp3) is 0.521. The molecule has 2 fully saturated rings. The molecule has 0 bridgehead atoms. The number of phosphoric acid groups is 1. The summed E-state index contributed by atoms with van der Waals surface area (Å²) >= 11 is 6.99. The fourth-order valence-corrected chi connectivity index (χ4v) is 16.7. The Morgan fingerprint density at radius 3 is 1.99 bits per heavy atom. The third-order valence-corrected chi connectivity index (χ3v) is 23.3. The summed E-state index contributed by atoms with van der Waals surface area (Å²) in [5.74, 6) is -13.4. The van der Waals surface area contributed by atoms with E-state index in [0.717, 1.165) is 42.7 Å². The van der Waals surface area contributed by atoms with Gasteiger partial charge in [-0.2, -0.15) is 49.6 Å². The summed E-state index contributed by atoms with van der Waals surface area (Å²) in [6.45, 7) is 15.5. The van der Waals surface area contributed by atoms with Crippen molar-refractivity contribution in [3.05, 3.63) is 122 Å². The van der Waals surface area contributed by atoms with Crippen LogP contribution in [0.25, 0.3) is 22.0 Å². The predicted octanol–water partition coefficient (Wildman–Crippen LogP) is 14.3. The van der Waals surface area contributed by atoms with E-state index >= 15 is 40.3 Å². The number of nitrogens with one attached hydrogen (secondary N) is 1. The van der Waals surface area contributed by atoms with Crippen molar-refractivity contribution in [2.24, 2.45) is 23.7 Å². The second-order valence-corrected chi connectivity index (χ2v) is 36.0. The van der Waals surface area contributed by atoms with Gasteiger partial charge in [0.25, 0.3) is 5.92 Å². The first-order chi connectivity index (χ1) is 48.5. The van der Waals surface area contributed by atoms with Gasteiger partial charge in [-0.1, -0.05) is 43.5 Å². The minimum Gasteiger partial charge on any atom is -0.460 e. The molecule has 0 aliphatic heterocycles. The number of halogens is 11. The number of hydrogen-bond donors (Lipinski definition) is 1. The maximum atomic E-state index is 15.9. The first-order valence-electron chi connectivity index (χ1n) is 33.4. The molecule has 9 rings (SSSR count). The van der Waals surface area contributed by atoms with E-state index < -0.39 is 238 Å². The lowest BCUT2D eigenvalue weighted by molar-refractivity contribution is -0.163. The van der Waals surface area contributed by atoms with Crippen LogP contribution in [-0.2, 0) is 106 Å². The molecule has 3 heterocycles. The smallest absolute Gasteiger partial charge is 0.460 e. The Kier molecular flexibility index (Phi) is 22.8. The molecule has 1 unspecified atom stereocenters. The molecule has 3 aromatic carbocycles. The SMILES string of the molecule is CC(=O)[C@@H]1CC[C@@H](C(=O)OC(C)(C)C)C1C(=O)Cc1cc(C)cc(OP(=O)(OC(C)C)OC(C)C)c1C(C)(C)CC(=O)N(c1nn(CC(F)(F)F)c2c(-c3ccc(C#CC(C)(C)S(C)(=O)=O)nc3[C@H](Cc3cc(F)cc(F)c3)NC(=O)Cn3nc(C(F)(F)F)c4c3C(F)(F)[C@@H]3C[C@H]43)ccc(Cl)c12)S(C)(=O)=O. The van der Waals surface area contributed by atoms with Gasteiger partial charge in [-0.25, -0.2) is 35.2 Å². The number of benzene rings is 3. The summed E-state index contributed by atoms with van der Waals surface area (Å²) in [4.78, 5) is 77.2. The molecule has 2 amide bonds. The Bertz CT molecular complexity index is 4870. The Labute approximate surface area is 610 Å². The highest BCUT2D eigenvalue weighted by molar-refractivity contribution is 7.93. The van der Waals surface area contributed by atoms with E-state index in [4.69, 9.17) is 29.9 Å². The zero-order valence-corrected chi connectivity index (χ0v) is 63.6. The first-order valence-corrected chi connectivity index (χ1v) is 39.0. The average molecular weight is 1570 g/mol. The monoisotopic (exact) mass is 1570 g/mol. The molecule has 21 nitrogen and oxygen atoms in total. The van der Waals surface area contributed by atoms with E-state index in [0.29, 0.717) is 17.9 Å². The number of sulfonamides is 1. The number of aromatic nitrogens is 5. The van der Waals surface area contributed by atoms with Crippen molar-refractivity contribution in [1.82, 2.24) is 29.9 Å². The van der Waals surface area contributed by atoms with Gasteiger partial charge >= 0.3 is 26.1 Å². The number of phosphoric ester groups is 1. The number of hydrogen-bond acceptors (Lipinski definition) is 17. The third kappa shape index (κ3) is 18.0. The quantitative estimate of drug-likeness (QED) is 0.0241. The number of anilines is 1. The number of nitrogens with zero attached hydrogens (tertiary/aromatic N) is 6. The Morgan fingerprint density at radius 2 is 1.43 bits per heavy atom. The number of amides is 2. The average Bonchev–Trinajstić information content (AvgIpc) is 1.51. The second kappa shape index (κ2) is 29.3. The van der Waals surface area contributed by atoms with E-state index in [2.05, 4.69) is 32.3 Å². The molecule has 576 valence electrons. The van der Waals surface area contributed by atoms with Crippen LogP contribution in [0.4, 0.5) is 49.7 Å². The van der Waals surface area contributed by atoms with Gasteiger partial charge in [0.05, 0.1) is 52.0 Å². The second-order valence-electron chi connectivity index (χ2n) is 29.7. The molecule has 1 N–H and O–H groups in total. The number of ketones is 2. The molecule has 0 spiro atoms. The van der Waals surface area contributed by atoms with E-state index in [1.54, 1.807) is 27.7 Å². The number of sulfone groups is 1. The van der Waals surface area contributed by atoms with Crippen molar-refractivity contribution in [3.63, 3.8) is 0 Å². The van der Waals surface area contributed by atoms with Crippen LogP contribution in [0.2, 0.25) is 5.02 Å². The number of Topliss-reactive ketones (excluding diaryl/α,β-unsaturated/α-hetero) is 2. The summed E-state index contributed by atoms with van der Waals surface area (Å²) < 4.78 is 244. The minimum absolute atomic E-state index is 0.0324. The number of esters is 1. The zero-order valence-electron chi connectivity index (χ0n) is 60.3. The largest absolute Gasteiger partial charge is 0.530 e. The van der Waals surface area contributed by atoms with Gasteiger partial charge < -0.3 is 14.6 Å². The lowest BCUT2D eigenvalue weighted by Crippen LogP contribution is -2.40. The van der Waals surface area contributed by atoms with E-state index in [-0.39, 0.29) is 61.1 Å². The third-order valence-electron chi connectivity index (χ3n) is 18.2. The van der Waals surface area contributed by atoms with Crippen LogP contribution in [0.1, 0.15) is 171 Å². The number of carbonyl (C=O) groups is 5. The maximum absolute atomic E-state index is 15.9. The molecule has 35 heteroatoms. The van der Waals surface area contributed by atoms with Gasteiger partial charge in [0.15, 0.2) is 21.3 Å². The predicted molar refractivity (Wildman–Crippen MR) is 370 cm³/mol. The van der Waals surface area contributed by atoms with Gasteiger partial charge in [0.1, 0.15) is 63.8 Å². The molecule has 6 atom stereocenters. The van der Waals surface area contributed by atoms with Gasteiger partial charge in [0, 0.05) is 70.6 Å². The summed E-state index contributed by atoms with van der Waals surface area (Å²) in [6, 6.07) is 7.32. The molecular weight excluding hydrogens is 1500 g/mol. The Hall–Kier alpha value is -7.76. The van der Waals surface area contributed by atoms with Crippen molar-refractivity contribution in [3.8, 4) is 28.7 Å². The number of aryl methyl sites for hydroxylation is 1. The van der Waals surface area contributed by atoms with Gasteiger partial charge in [-0.05, 0) is 167 Å². The molecule has 6 aromatic rings. The van der Waals surface area contributed by atoms with Crippen molar-refractivity contribution in [1.29, 1.82) is 0 Å². The van der Waals surface area contributed by atoms with E-state index in [9.17, 15) is 49.0 Å². The number of alkyl halides is 8. The molecule has 0 radical (unpaired) electrons. The number of carbonyl (C=O) groups excluding carboxylic acids is 5. The van der Waals surface area contributed by atoms with Crippen molar-refractivity contribution in [2.45, 2.75) is 200 Å². The number of pyridine rings is 1. The highest BCUT2D eigenvalue weighted by atomic mass is 35.5. The van der Waals surface area contributed by atoms with Crippen molar-refractivity contribution < 1.29 is 108 Å². The van der Waals surface area contributed by atoms with Crippen LogP contribution >= 0.6 is 19.4 Å². The normalized spacial score (nSPS) is 18.7. The highest BCUT2D eigenvalue weighted by Gasteiger charge is 2.68. The molecule has 3 aliphatic carbocycles. The maximum Gasteiger partial charge on any atom is 0.530 e. The lowest BCUT2D eigenvalue weighted by Gasteiger charge is -2.33. The van der Waals surface area contributed by atoms with Crippen LogP contribution in [0.5, 0.6) is 5.75 Å². The number of ether oxygens (including phenoxy) is 1. The summed E-state index contributed by atoms with van der Waals surface area (Å²) in [6.07, 6.45) is -13.4. The molecule has 2 saturated carbocycles. The Balaban J connectivity index is 1.24. The molecular formula is C71H79ClF10N7O14PS2. The standard InChI is InChI=1S/C71H79ClF10N7O14PS2/c1-35(2)101-104(95,102-36(3)4)103-53-25-37(5)24-40(29-52(91)56-44(38(6)90)18-19-47(56)65(94)100-66(7,8)9)59(53)67(10,11)32-55(93)89(106(15,98)99)64-58-50(72)21-20-46(61(58)88(86-64)34-69(75,76)77)45-17-16-43(22-23-68(12,13)105(14,96)97)83-60(45)51(28-39-26-41(73)30-42(74)27-39)84-54(92)33-87-63-57(62(85-87)71(80,81)82)48-31-49(48)70(63,78)79/h16-17,20-21,24-27,30,35-36,44,47-49,51,56H,18-19,28-29,31-34H2,1-15H3,(H,84,92)/t44-,47+,48-,49+,51-,56?/m0/s1. The number of rotatable bonds is 25. The van der Waals surface area contributed by atoms with E-state index in [1.165, 1.54) is 74.4 Å². The molecule has 106 heavy (non-hydrogen) atoms. The summed E-state index contributed by atoms with van der Waals surface area (Å²) in [5, 5.41) is 8.75. The Morgan fingerprint density at radius 1 is 0.830 bits per heavy atom. The molecule has 3 aliphatic rings. The first kappa shape index (κ1) is 82.3. The lowest BCUT2D eigenvalue weighted by atomic mass is 9.75. The zero-order chi connectivity index (χ0) is 79.2.